The number of fused-ring (bicyclic) bond motifs is 1. The number of nitrogens with one attached hydrogen (secondary N) is 1. The number of aromatic amines is 1. The molecule has 0 spiro atoms. The minimum atomic E-state index is -0.672. The van der Waals surface area contributed by atoms with Crippen molar-refractivity contribution in [2.75, 3.05) is 6.54 Å². The molecule has 1 amide bonds. The highest BCUT2D eigenvalue weighted by atomic mass is 16.3. The Hall–Kier alpha value is -4.19. The van der Waals surface area contributed by atoms with E-state index in [1.54, 1.807) is 29.4 Å². The number of ketones is 1. The number of nitrogens with zero attached hydrogens (tertiary/aromatic N) is 2. The highest BCUT2D eigenvalue weighted by Gasteiger charge is 2.45. The molecule has 2 N–H and O–H groups in total. The number of rotatable bonds is 5. The van der Waals surface area contributed by atoms with Crippen LogP contribution in [-0.4, -0.2) is 38.2 Å². The number of likely N-dealkylation sites (tertiary alicyclic amines) is 1. The maximum atomic E-state index is 13.1. The first kappa shape index (κ1) is 20.7. The predicted octanol–water partition coefficient (Wildman–Crippen LogP) is 4.54. The van der Waals surface area contributed by atoms with Crippen LogP contribution in [0.1, 0.15) is 28.3 Å². The zero-order valence-corrected chi connectivity index (χ0v) is 18.2. The van der Waals surface area contributed by atoms with Crippen LogP contribution in [0.25, 0.3) is 16.7 Å². The van der Waals surface area contributed by atoms with E-state index in [1.807, 2.05) is 61.7 Å². The van der Waals surface area contributed by atoms with Crippen LogP contribution in [0, 0.1) is 6.92 Å². The van der Waals surface area contributed by atoms with Crippen LogP contribution in [0.5, 0.6) is 0 Å². The third kappa shape index (κ3) is 3.69. The van der Waals surface area contributed by atoms with Gasteiger partial charge in [-0.1, -0.05) is 48.0 Å². The molecule has 6 nitrogen and oxygen atoms in total. The number of carbonyl (C=O) groups is 2. The van der Waals surface area contributed by atoms with Crippen molar-refractivity contribution in [3.8, 4) is 0 Å². The molecule has 0 radical (unpaired) electrons. The van der Waals surface area contributed by atoms with Gasteiger partial charge in [-0.3, -0.25) is 14.6 Å². The van der Waals surface area contributed by atoms with Gasteiger partial charge < -0.3 is 15.0 Å². The molecule has 0 bridgehead atoms. The summed E-state index contributed by atoms with van der Waals surface area (Å²) in [6.07, 6.45) is 5.61. The van der Waals surface area contributed by atoms with E-state index in [9.17, 15) is 14.7 Å². The molecule has 4 aromatic rings. The van der Waals surface area contributed by atoms with Gasteiger partial charge in [0.05, 0.1) is 11.6 Å². The third-order valence-corrected chi connectivity index (χ3v) is 6.18. The first-order valence-corrected chi connectivity index (χ1v) is 10.8. The van der Waals surface area contributed by atoms with Crippen molar-refractivity contribution in [1.82, 2.24) is 14.9 Å². The van der Waals surface area contributed by atoms with Gasteiger partial charge in [0.2, 0.25) is 0 Å². The molecule has 2 aromatic heterocycles. The van der Waals surface area contributed by atoms with Gasteiger partial charge in [-0.2, -0.15) is 0 Å². The Labute approximate surface area is 191 Å². The number of benzene rings is 2. The lowest BCUT2D eigenvalue weighted by atomic mass is 9.95. The molecule has 5 rings (SSSR count). The summed E-state index contributed by atoms with van der Waals surface area (Å²) in [6, 6.07) is 18.3. The van der Waals surface area contributed by atoms with Crippen molar-refractivity contribution in [2.24, 2.45) is 0 Å². The lowest BCUT2D eigenvalue weighted by Gasteiger charge is -2.25. The number of aliphatic hydroxyl groups excluding tert-OH is 1. The van der Waals surface area contributed by atoms with Crippen molar-refractivity contribution < 1.29 is 14.7 Å². The van der Waals surface area contributed by atoms with Crippen molar-refractivity contribution in [2.45, 2.75) is 19.4 Å². The lowest BCUT2D eigenvalue weighted by molar-refractivity contribution is -0.139. The van der Waals surface area contributed by atoms with E-state index in [0.717, 1.165) is 27.6 Å². The van der Waals surface area contributed by atoms with Gasteiger partial charge in [0.1, 0.15) is 5.76 Å². The molecule has 0 saturated carbocycles. The molecule has 164 valence electrons. The van der Waals surface area contributed by atoms with Gasteiger partial charge in [0.25, 0.3) is 11.7 Å². The first-order chi connectivity index (χ1) is 16.0. The van der Waals surface area contributed by atoms with Crippen molar-refractivity contribution in [1.29, 1.82) is 0 Å². The summed E-state index contributed by atoms with van der Waals surface area (Å²) in [4.78, 5) is 35.1. The van der Waals surface area contributed by atoms with Gasteiger partial charge in [-0.05, 0) is 42.7 Å². The van der Waals surface area contributed by atoms with E-state index in [4.69, 9.17) is 0 Å². The first-order valence-electron chi connectivity index (χ1n) is 10.8. The monoisotopic (exact) mass is 437 g/mol. The van der Waals surface area contributed by atoms with E-state index < -0.39 is 17.7 Å². The Morgan fingerprint density at radius 3 is 2.52 bits per heavy atom. The predicted molar refractivity (Wildman–Crippen MR) is 126 cm³/mol. The van der Waals surface area contributed by atoms with Gasteiger partial charge in [0, 0.05) is 41.6 Å². The van der Waals surface area contributed by atoms with Crippen molar-refractivity contribution in [3.63, 3.8) is 0 Å². The number of hydrogen-bond acceptors (Lipinski definition) is 4. The Morgan fingerprint density at radius 1 is 1.03 bits per heavy atom. The fourth-order valence-electron chi connectivity index (χ4n) is 4.45. The number of para-hydroxylation sites is 1. The van der Waals surface area contributed by atoms with Crippen LogP contribution < -0.4 is 0 Å². The molecule has 0 aliphatic carbocycles. The number of amides is 1. The summed E-state index contributed by atoms with van der Waals surface area (Å²) >= 11 is 0. The van der Waals surface area contributed by atoms with Gasteiger partial charge in [-0.15, -0.1) is 0 Å². The average molecular weight is 437 g/mol. The zero-order chi connectivity index (χ0) is 22.9. The summed E-state index contributed by atoms with van der Waals surface area (Å²) < 4.78 is 0. The molecule has 1 aliphatic heterocycles. The Balaban J connectivity index is 1.56. The summed E-state index contributed by atoms with van der Waals surface area (Å²) in [5.74, 6) is -1.46. The van der Waals surface area contributed by atoms with Gasteiger partial charge in [0.15, 0.2) is 0 Å². The number of aryl methyl sites for hydroxylation is 1. The van der Waals surface area contributed by atoms with E-state index in [0.29, 0.717) is 18.5 Å². The standard InChI is InChI=1S/C27H23N3O3/c1-17-6-8-18(9-7-17)24-23(25(31)19-10-13-28-14-11-19)26(32)27(33)30(24)15-12-20-16-29-22-5-3-2-4-21(20)22/h2-11,13-14,16,24,29,31H,12,15H2,1H3/b25-23+. The Morgan fingerprint density at radius 2 is 1.76 bits per heavy atom. The molecule has 1 unspecified atom stereocenters. The lowest BCUT2D eigenvalue weighted by Crippen LogP contribution is -2.31. The second-order valence-electron chi connectivity index (χ2n) is 8.25. The second kappa shape index (κ2) is 8.39. The minimum absolute atomic E-state index is 0.106. The van der Waals surface area contributed by atoms with E-state index in [-0.39, 0.29) is 11.3 Å². The molecule has 6 heteroatoms. The number of Topliss-reactive ketones (excluding diaryl/α,β-unsaturated/α-hetero) is 1. The molecule has 33 heavy (non-hydrogen) atoms. The van der Waals surface area contributed by atoms with Gasteiger partial charge in [-0.25, -0.2) is 0 Å². The number of hydrogen-bond donors (Lipinski definition) is 2. The summed E-state index contributed by atoms with van der Waals surface area (Å²) in [6.45, 7) is 2.33. The molecule has 1 aliphatic rings. The summed E-state index contributed by atoms with van der Waals surface area (Å²) in [7, 11) is 0. The minimum Gasteiger partial charge on any atom is -0.507 e. The van der Waals surface area contributed by atoms with Crippen LogP contribution in [0.2, 0.25) is 0 Å². The number of aliphatic hydroxyl groups is 1. The molecule has 1 atom stereocenters. The molecular formula is C27H23N3O3. The third-order valence-electron chi connectivity index (χ3n) is 6.18. The van der Waals surface area contributed by atoms with Crippen LogP contribution in [0.4, 0.5) is 0 Å². The SMILES string of the molecule is Cc1ccc(C2/C(=C(\O)c3ccncc3)C(=O)C(=O)N2CCc2c[nH]c3ccccc23)cc1. The smallest absolute Gasteiger partial charge is 0.295 e. The fraction of sp³-hybridized carbons (Fsp3) is 0.148. The molecular weight excluding hydrogens is 414 g/mol. The second-order valence-corrected chi connectivity index (χ2v) is 8.25. The van der Waals surface area contributed by atoms with E-state index >= 15 is 0 Å². The van der Waals surface area contributed by atoms with Crippen LogP contribution in [0.3, 0.4) is 0 Å². The highest BCUT2D eigenvalue weighted by Crippen LogP contribution is 2.39. The maximum Gasteiger partial charge on any atom is 0.295 e. The quantitative estimate of drug-likeness (QED) is 0.273. The van der Waals surface area contributed by atoms with Crippen LogP contribution in [-0.2, 0) is 16.0 Å². The number of aromatic nitrogens is 2. The highest BCUT2D eigenvalue weighted by molar-refractivity contribution is 6.46. The van der Waals surface area contributed by atoms with E-state index in [1.165, 1.54) is 0 Å². The Kier molecular flexibility index (Phi) is 5.26. The normalized spacial score (nSPS) is 17.7. The summed E-state index contributed by atoms with van der Waals surface area (Å²) in [5, 5.41) is 12.1. The fourth-order valence-corrected chi connectivity index (χ4v) is 4.45. The number of H-pyrrole nitrogens is 1. The van der Waals surface area contributed by atoms with Crippen molar-refractivity contribution in [3.05, 3.63) is 107 Å². The number of carbonyl (C=O) groups excluding carboxylic acids is 2. The Bertz CT molecular complexity index is 1370. The van der Waals surface area contributed by atoms with E-state index in [2.05, 4.69) is 9.97 Å². The number of pyridine rings is 1. The average Bonchev–Trinajstić information content (AvgIpc) is 3.37. The van der Waals surface area contributed by atoms with Crippen LogP contribution >= 0.6 is 0 Å². The van der Waals surface area contributed by atoms with Crippen molar-refractivity contribution >= 4 is 28.4 Å². The summed E-state index contributed by atoms with van der Waals surface area (Å²) in [5.41, 5.74) is 4.52. The molecule has 1 fully saturated rings. The largest absolute Gasteiger partial charge is 0.507 e. The zero-order valence-electron chi connectivity index (χ0n) is 18.2. The molecule has 2 aromatic carbocycles. The topological polar surface area (TPSA) is 86.3 Å². The van der Waals surface area contributed by atoms with Crippen LogP contribution in [0.15, 0.2) is 84.8 Å². The molecule has 3 heterocycles. The maximum absolute atomic E-state index is 13.1. The molecule has 1 saturated heterocycles. The van der Waals surface area contributed by atoms with Gasteiger partial charge >= 0.3 is 0 Å².